The fourth-order valence-corrected chi connectivity index (χ4v) is 2.47. The van der Waals surface area contributed by atoms with Gasteiger partial charge in [-0.1, -0.05) is 26.0 Å². The average Bonchev–Trinajstić information content (AvgIpc) is 2.37. The van der Waals surface area contributed by atoms with Crippen molar-refractivity contribution in [3.63, 3.8) is 0 Å². The quantitative estimate of drug-likeness (QED) is 0.660. The van der Waals surface area contributed by atoms with Crippen molar-refractivity contribution in [2.45, 2.75) is 33.2 Å². The Kier molecular flexibility index (Phi) is 4.17. The first-order chi connectivity index (χ1) is 9.49. The number of nitrogens with zero attached hydrogens (tertiary/aromatic N) is 2. The molecule has 0 spiro atoms. The number of nitrogens with one attached hydrogen (secondary N) is 1. The van der Waals surface area contributed by atoms with Crippen LogP contribution in [-0.2, 0) is 0 Å². The van der Waals surface area contributed by atoms with Crippen molar-refractivity contribution in [1.82, 2.24) is 4.98 Å². The average molecular weight is 273 g/mol. The lowest BCUT2D eigenvalue weighted by Crippen LogP contribution is -2.17. The number of non-ortho nitro benzene ring substituents is 1. The lowest BCUT2D eigenvalue weighted by atomic mass is 10.0. The molecule has 0 saturated carbocycles. The lowest BCUT2D eigenvalue weighted by molar-refractivity contribution is -0.383. The molecule has 1 N–H and O–H groups in total. The van der Waals surface area contributed by atoms with Crippen LogP contribution in [0.15, 0.2) is 30.5 Å². The Labute approximate surface area is 118 Å². The van der Waals surface area contributed by atoms with Crippen molar-refractivity contribution in [1.29, 1.82) is 0 Å². The first-order valence-electron chi connectivity index (χ1n) is 6.77. The molecule has 0 aliphatic heterocycles. The highest BCUT2D eigenvalue weighted by molar-refractivity contribution is 5.96. The molecule has 20 heavy (non-hydrogen) atoms. The molecule has 0 fully saturated rings. The Morgan fingerprint density at radius 1 is 1.30 bits per heavy atom. The highest BCUT2D eigenvalue weighted by atomic mass is 16.6. The smallest absolute Gasteiger partial charge is 0.295 e. The zero-order chi connectivity index (χ0) is 14.7. The summed E-state index contributed by atoms with van der Waals surface area (Å²) < 4.78 is 0. The van der Waals surface area contributed by atoms with E-state index >= 15 is 0 Å². The summed E-state index contributed by atoms with van der Waals surface area (Å²) in [6.45, 7) is 6.46. The summed E-state index contributed by atoms with van der Waals surface area (Å²) in [5.74, 6) is 0.597. The summed E-state index contributed by atoms with van der Waals surface area (Å²) in [7, 11) is 0. The van der Waals surface area contributed by atoms with Crippen LogP contribution in [0.4, 0.5) is 11.4 Å². The van der Waals surface area contributed by atoms with E-state index in [1.54, 1.807) is 12.3 Å². The van der Waals surface area contributed by atoms with Gasteiger partial charge < -0.3 is 5.32 Å². The van der Waals surface area contributed by atoms with Crippen LogP contribution in [-0.4, -0.2) is 15.9 Å². The van der Waals surface area contributed by atoms with Crippen LogP contribution in [0.1, 0.15) is 27.2 Å². The number of nitro groups is 1. The topological polar surface area (TPSA) is 68.1 Å². The molecule has 0 aliphatic rings. The van der Waals surface area contributed by atoms with Gasteiger partial charge in [0.25, 0.3) is 5.69 Å². The maximum absolute atomic E-state index is 11.0. The number of hydrogen-bond donors (Lipinski definition) is 1. The number of nitro benzene ring substituents is 1. The first-order valence-corrected chi connectivity index (χ1v) is 6.77. The number of para-hydroxylation sites is 1. The van der Waals surface area contributed by atoms with Gasteiger partial charge in [-0.15, -0.1) is 0 Å². The molecular formula is C15H19N3O2. The predicted molar refractivity (Wildman–Crippen MR) is 80.9 cm³/mol. The highest BCUT2D eigenvalue weighted by Gasteiger charge is 2.15. The molecule has 1 aromatic carbocycles. The van der Waals surface area contributed by atoms with Crippen LogP contribution in [0.3, 0.4) is 0 Å². The van der Waals surface area contributed by atoms with E-state index in [-0.39, 0.29) is 5.69 Å². The van der Waals surface area contributed by atoms with E-state index in [4.69, 9.17) is 0 Å². The zero-order valence-corrected chi connectivity index (χ0v) is 12.0. The third-order valence-corrected chi connectivity index (χ3v) is 3.17. The van der Waals surface area contributed by atoms with E-state index < -0.39 is 4.92 Å². The highest BCUT2D eigenvalue weighted by Crippen LogP contribution is 2.29. The van der Waals surface area contributed by atoms with Crippen molar-refractivity contribution in [3.8, 4) is 0 Å². The third-order valence-electron chi connectivity index (χ3n) is 3.17. The van der Waals surface area contributed by atoms with Crippen LogP contribution in [0.5, 0.6) is 0 Å². The van der Waals surface area contributed by atoms with Crippen molar-refractivity contribution in [2.24, 2.45) is 5.92 Å². The van der Waals surface area contributed by atoms with Gasteiger partial charge in [0, 0.05) is 29.4 Å². The Morgan fingerprint density at radius 2 is 2.05 bits per heavy atom. The molecule has 0 radical (unpaired) electrons. The number of anilines is 1. The van der Waals surface area contributed by atoms with Gasteiger partial charge in [0.1, 0.15) is 5.52 Å². The van der Waals surface area contributed by atoms with Crippen molar-refractivity contribution in [2.75, 3.05) is 5.32 Å². The van der Waals surface area contributed by atoms with Gasteiger partial charge in [-0.25, -0.2) is 4.98 Å². The molecule has 1 aromatic heterocycles. The normalized spacial score (nSPS) is 12.6. The van der Waals surface area contributed by atoms with Gasteiger partial charge in [0.15, 0.2) is 0 Å². The molecule has 0 bridgehead atoms. The zero-order valence-electron chi connectivity index (χ0n) is 12.0. The monoisotopic (exact) mass is 273 g/mol. The minimum atomic E-state index is -0.392. The van der Waals surface area contributed by atoms with E-state index in [9.17, 15) is 10.1 Å². The van der Waals surface area contributed by atoms with E-state index in [1.807, 2.05) is 12.1 Å². The Morgan fingerprint density at radius 3 is 2.70 bits per heavy atom. The molecule has 2 aromatic rings. The molecule has 106 valence electrons. The van der Waals surface area contributed by atoms with Crippen LogP contribution in [0.2, 0.25) is 0 Å². The number of hydrogen-bond acceptors (Lipinski definition) is 4. The van der Waals surface area contributed by atoms with Crippen molar-refractivity contribution in [3.05, 3.63) is 40.6 Å². The number of pyridine rings is 1. The van der Waals surface area contributed by atoms with Gasteiger partial charge in [-0.3, -0.25) is 10.1 Å². The Bertz CT molecular complexity index is 626. The summed E-state index contributed by atoms with van der Waals surface area (Å²) in [6.07, 6.45) is 2.65. The largest absolute Gasteiger partial charge is 0.382 e. The van der Waals surface area contributed by atoms with E-state index in [1.165, 1.54) is 6.07 Å². The fourth-order valence-electron chi connectivity index (χ4n) is 2.47. The third kappa shape index (κ3) is 3.04. The number of benzene rings is 1. The molecule has 5 nitrogen and oxygen atoms in total. The first kappa shape index (κ1) is 14.2. The summed E-state index contributed by atoms with van der Waals surface area (Å²) in [4.78, 5) is 14.8. The maximum Gasteiger partial charge on any atom is 0.295 e. The molecule has 1 atom stereocenters. The molecule has 2 rings (SSSR count). The van der Waals surface area contributed by atoms with Gasteiger partial charge >= 0.3 is 0 Å². The summed E-state index contributed by atoms with van der Waals surface area (Å²) in [5, 5.41) is 15.2. The second-order valence-corrected chi connectivity index (χ2v) is 5.46. The van der Waals surface area contributed by atoms with Crippen LogP contribution in [0, 0.1) is 16.0 Å². The maximum atomic E-state index is 11.0. The predicted octanol–water partition coefficient (Wildman–Crippen LogP) is 3.99. The molecule has 0 aliphatic carbocycles. The molecule has 5 heteroatoms. The summed E-state index contributed by atoms with van der Waals surface area (Å²) in [5.41, 5.74) is 1.37. The van der Waals surface area contributed by atoms with Crippen molar-refractivity contribution >= 4 is 22.3 Å². The van der Waals surface area contributed by atoms with Crippen molar-refractivity contribution < 1.29 is 4.92 Å². The summed E-state index contributed by atoms with van der Waals surface area (Å²) in [6, 6.07) is 7.21. The van der Waals surface area contributed by atoms with Gasteiger partial charge in [-0.05, 0) is 25.3 Å². The molecular weight excluding hydrogens is 254 g/mol. The summed E-state index contributed by atoms with van der Waals surface area (Å²) >= 11 is 0. The van der Waals surface area contributed by atoms with E-state index in [0.717, 1.165) is 17.5 Å². The molecule has 1 heterocycles. The minimum absolute atomic E-state index is 0.0441. The molecule has 0 saturated heterocycles. The SMILES string of the molecule is CC(C)CC(C)Nc1ccnc2c([N+](=O)[O-])cccc12. The second-order valence-electron chi connectivity index (χ2n) is 5.46. The fraction of sp³-hybridized carbons (Fsp3) is 0.400. The van der Waals surface area contributed by atoms with Crippen LogP contribution >= 0.6 is 0 Å². The number of fused-ring (bicyclic) bond motifs is 1. The standard InChI is InChI=1S/C15H19N3O2/c1-10(2)9-11(3)17-13-7-8-16-15-12(13)5-4-6-14(15)18(19)20/h4-8,10-11H,9H2,1-3H3,(H,16,17). The molecule has 0 amide bonds. The lowest BCUT2D eigenvalue weighted by Gasteiger charge is -2.18. The number of aromatic nitrogens is 1. The number of rotatable bonds is 5. The second kappa shape index (κ2) is 5.86. The van der Waals surface area contributed by atoms with Gasteiger partial charge in [-0.2, -0.15) is 0 Å². The van der Waals surface area contributed by atoms with E-state index in [2.05, 4.69) is 31.1 Å². The Hall–Kier alpha value is -2.17. The van der Waals surface area contributed by atoms with Gasteiger partial charge in [0.2, 0.25) is 0 Å². The van der Waals surface area contributed by atoms with E-state index in [0.29, 0.717) is 17.5 Å². The van der Waals surface area contributed by atoms with Crippen LogP contribution in [0.25, 0.3) is 10.9 Å². The minimum Gasteiger partial charge on any atom is -0.382 e. The van der Waals surface area contributed by atoms with Gasteiger partial charge in [0.05, 0.1) is 4.92 Å². The van der Waals surface area contributed by atoms with Crippen LogP contribution < -0.4 is 5.32 Å². The molecule has 1 unspecified atom stereocenters. The Balaban J connectivity index is 2.40.